The van der Waals surface area contributed by atoms with Crippen LogP contribution in [0, 0.1) is 13.8 Å². The van der Waals surface area contributed by atoms with Gasteiger partial charge in [0.05, 0.1) is 37.9 Å². The van der Waals surface area contributed by atoms with Crippen LogP contribution in [0.15, 0.2) is 54.6 Å². The van der Waals surface area contributed by atoms with Crippen LogP contribution in [0.1, 0.15) is 33.2 Å². The summed E-state index contributed by atoms with van der Waals surface area (Å²) in [6.07, 6.45) is 1.72. The molecule has 4 rings (SSSR count). The third-order valence-electron chi connectivity index (χ3n) is 4.71. The second-order valence-corrected chi connectivity index (χ2v) is 7.84. The van der Waals surface area contributed by atoms with Crippen molar-refractivity contribution in [2.75, 3.05) is 6.54 Å². The van der Waals surface area contributed by atoms with Gasteiger partial charge in [-0.15, -0.1) is 11.3 Å². The molecule has 28 heavy (non-hydrogen) atoms. The van der Waals surface area contributed by atoms with Crippen molar-refractivity contribution in [2.45, 2.75) is 26.7 Å². The lowest BCUT2D eigenvalue weighted by Gasteiger charge is -2.06. The van der Waals surface area contributed by atoms with Gasteiger partial charge in [0.1, 0.15) is 0 Å². The summed E-state index contributed by atoms with van der Waals surface area (Å²) in [5, 5.41) is 8.69. The van der Waals surface area contributed by atoms with Gasteiger partial charge in [-0.3, -0.25) is 4.79 Å². The van der Waals surface area contributed by atoms with E-state index in [-0.39, 0.29) is 5.91 Å². The number of amides is 1. The fourth-order valence-electron chi connectivity index (χ4n) is 3.35. The Hall–Kier alpha value is -2.99. The molecule has 0 aliphatic heterocycles. The Morgan fingerprint density at radius 1 is 1.07 bits per heavy atom. The molecule has 0 spiro atoms. The number of hydrogen-bond acceptors (Lipinski definition) is 4. The van der Waals surface area contributed by atoms with E-state index < -0.39 is 0 Å². The lowest BCUT2D eigenvalue weighted by molar-refractivity contribution is 0.0952. The highest BCUT2D eigenvalue weighted by molar-refractivity contribution is 7.18. The maximum absolute atomic E-state index is 12.7. The van der Waals surface area contributed by atoms with Crippen molar-refractivity contribution in [3.05, 3.63) is 76.6 Å². The summed E-state index contributed by atoms with van der Waals surface area (Å²) in [6, 6.07) is 18.0. The van der Waals surface area contributed by atoms with Gasteiger partial charge in [-0.1, -0.05) is 30.3 Å². The fraction of sp³-hybridized carbons (Fsp3) is 0.227. The third kappa shape index (κ3) is 3.68. The van der Waals surface area contributed by atoms with Gasteiger partial charge in [-0.05, 0) is 44.5 Å². The Morgan fingerprint density at radius 3 is 2.61 bits per heavy atom. The molecule has 1 N–H and O–H groups in total. The van der Waals surface area contributed by atoms with Crippen LogP contribution >= 0.6 is 11.3 Å². The monoisotopic (exact) mass is 390 g/mol. The van der Waals surface area contributed by atoms with Crippen molar-refractivity contribution in [3.8, 4) is 5.69 Å². The Kier molecular flexibility index (Phi) is 5.21. The first kappa shape index (κ1) is 18.4. The molecule has 4 aromatic rings. The van der Waals surface area contributed by atoms with E-state index >= 15 is 0 Å². The predicted octanol–water partition coefficient (Wildman–Crippen LogP) is 4.46. The fourth-order valence-corrected chi connectivity index (χ4v) is 4.36. The van der Waals surface area contributed by atoms with Crippen LogP contribution in [0.4, 0.5) is 0 Å². The van der Waals surface area contributed by atoms with E-state index in [4.69, 9.17) is 0 Å². The number of nitrogens with zero attached hydrogens (tertiary/aromatic N) is 3. The summed E-state index contributed by atoms with van der Waals surface area (Å²) in [4.78, 5) is 17.4. The van der Waals surface area contributed by atoms with Gasteiger partial charge in [0.2, 0.25) is 0 Å². The first-order chi connectivity index (χ1) is 13.6. The molecule has 2 aromatic carbocycles. The van der Waals surface area contributed by atoms with Crippen LogP contribution in [-0.4, -0.2) is 27.2 Å². The molecule has 2 aromatic heterocycles. The molecular formula is C22H22N4OS. The Morgan fingerprint density at radius 2 is 1.82 bits per heavy atom. The smallest absolute Gasteiger partial charge is 0.255 e. The summed E-state index contributed by atoms with van der Waals surface area (Å²) in [5.41, 5.74) is 4.25. The minimum Gasteiger partial charge on any atom is -0.352 e. The lowest BCUT2D eigenvalue weighted by Crippen LogP contribution is -2.25. The average molecular weight is 391 g/mol. The number of thiazole rings is 1. The van der Waals surface area contributed by atoms with E-state index in [9.17, 15) is 4.79 Å². The maximum Gasteiger partial charge on any atom is 0.255 e. The average Bonchev–Trinajstić information content (AvgIpc) is 3.25. The molecule has 6 heteroatoms. The summed E-state index contributed by atoms with van der Waals surface area (Å²) < 4.78 is 3.03. The first-order valence-electron chi connectivity index (χ1n) is 9.38. The molecule has 1 amide bonds. The number of rotatable bonds is 6. The molecule has 0 unspecified atom stereocenters. The van der Waals surface area contributed by atoms with E-state index in [1.807, 2.05) is 67.1 Å². The minimum absolute atomic E-state index is 0.0681. The third-order valence-corrected chi connectivity index (χ3v) is 5.81. The molecule has 0 atom stereocenters. The number of benzene rings is 2. The van der Waals surface area contributed by atoms with Crippen LogP contribution < -0.4 is 5.32 Å². The second kappa shape index (κ2) is 7.94. The standard InChI is InChI=1S/C22H22N4OS/c1-15-21(16(2)26(25-15)17-9-4-3-5-10-17)22(27)23-14-8-13-20-24-18-11-6-7-12-19(18)28-20/h3-7,9-12H,8,13-14H2,1-2H3,(H,23,27). The Balaban J connectivity index is 1.38. The van der Waals surface area contributed by atoms with Crippen molar-refractivity contribution in [1.29, 1.82) is 0 Å². The number of hydrogen-bond donors (Lipinski definition) is 1. The second-order valence-electron chi connectivity index (χ2n) is 6.73. The van der Waals surface area contributed by atoms with Crippen LogP contribution in [-0.2, 0) is 6.42 Å². The lowest BCUT2D eigenvalue weighted by atomic mass is 10.1. The molecule has 0 fully saturated rings. The van der Waals surface area contributed by atoms with Crippen LogP contribution in [0.5, 0.6) is 0 Å². The molecule has 2 heterocycles. The number of aryl methyl sites for hydroxylation is 2. The van der Waals surface area contributed by atoms with E-state index in [1.54, 1.807) is 11.3 Å². The molecule has 0 radical (unpaired) electrons. The molecule has 0 aliphatic rings. The van der Waals surface area contributed by atoms with E-state index in [0.29, 0.717) is 12.1 Å². The molecule has 0 bridgehead atoms. The normalized spacial score (nSPS) is 11.1. The summed E-state index contributed by atoms with van der Waals surface area (Å²) in [6.45, 7) is 4.43. The van der Waals surface area contributed by atoms with Gasteiger partial charge in [0.25, 0.3) is 5.91 Å². The molecule has 0 aliphatic carbocycles. The molecule has 0 saturated heterocycles. The van der Waals surface area contributed by atoms with Gasteiger partial charge in [-0.25, -0.2) is 9.67 Å². The van der Waals surface area contributed by atoms with Crippen molar-refractivity contribution in [1.82, 2.24) is 20.1 Å². The number of aromatic nitrogens is 3. The molecule has 5 nitrogen and oxygen atoms in total. The SMILES string of the molecule is Cc1nn(-c2ccccc2)c(C)c1C(=O)NCCCc1nc2ccccc2s1. The van der Waals surface area contributed by atoms with E-state index in [0.717, 1.165) is 40.4 Å². The van der Waals surface area contributed by atoms with Gasteiger partial charge in [0.15, 0.2) is 0 Å². The summed E-state index contributed by atoms with van der Waals surface area (Å²) in [7, 11) is 0. The topological polar surface area (TPSA) is 59.8 Å². The number of fused-ring (bicyclic) bond motifs is 1. The highest BCUT2D eigenvalue weighted by Crippen LogP contribution is 2.22. The maximum atomic E-state index is 12.7. The largest absolute Gasteiger partial charge is 0.352 e. The first-order valence-corrected chi connectivity index (χ1v) is 10.2. The molecule has 0 saturated carbocycles. The predicted molar refractivity (Wildman–Crippen MR) is 113 cm³/mol. The summed E-state index contributed by atoms with van der Waals surface area (Å²) in [5.74, 6) is -0.0681. The van der Waals surface area contributed by atoms with Crippen molar-refractivity contribution in [3.63, 3.8) is 0 Å². The number of nitrogens with one attached hydrogen (secondary N) is 1. The molecular weight excluding hydrogens is 368 g/mol. The van der Waals surface area contributed by atoms with Crippen LogP contribution in [0.2, 0.25) is 0 Å². The highest BCUT2D eigenvalue weighted by Gasteiger charge is 2.19. The van der Waals surface area contributed by atoms with Gasteiger partial charge >= 0.3 is 0 Å². The van der Waals surface area contributed by atoms with Gasteiger partial charge in [-0.2, -0.15) is 5.10 Å². The van der Waals surface area contributed by atoms with E-state index in [1.165, 1.54) is 4.70 Å². The van der Waals surface area contributed by atoms with Crippen molar-refractivity contribution < 1.29 is 4.79 Å². The number of para-hydroxylation sites is 2. The van der Waals surface area contributed by atoms with Gasteiger partial charge < -0.3 is 5.32 Å². The minimum atomic E-state index is -0.0681. The Bertz CT molecular complexity index is 1080. The number of carbonyl (C=O) groups excluding carboxylic acids is 1. The van der Waals surface area contributed by atoms with E-state index in [2.05, 4.69) is 21.5 Å². The zero-order valence-electron chi connectivity index (χ0n) is 16.0. The molecule has 142 valence electrons. The number of carbonyl (C=O) groups is 1. The summed E-state index contributed by atoms with van der Waals surface area (Å²) >= 11 is 1.72. The zero-order chi connectivity index (χ0) is 19.5. The van der Waals surface area contributed by atoms with Crippen LogP contribution in [0.3, 0.4) is 0 Å². The quantitative estimate of drug-likeness (QED) is 0.495. The van der Waals surface area contributed by atoms with Crippen LogP contribution in [0.25, 0.3) is 15.9 Å². The Labute approximate surface area is 168 Å². The van der Waals surface area contributed by atoms with Crippen molar-refractivity contribution >= 4 is 27.5 Å². The van der Waals surface area contributed by atoms with Crippen molar-refractivity contribution in [2.24, 2.45) is 0 Å². The zero-order valence-corrected chi connectivity index (χ0v) is 16.8. The van der Waals surface area contributed by atoms with Gasteiger partial charge in [0, 0.05) is 13.0 Å². The highest BCUT2D eigenvalue weighted by atomic mass is 32.1.